The maximum Gasteiger partial charge on any atom is 0.243 e. The Labute approximate surface area is 184 Å². The number of ether oxygens (including phenoxy) is 1. The molecule has 8 heteroatoms. The number of hydrogen-bond donors (Lipinski definition) is 0. The first kappa shape index (κ1) is 22.0. The molecule has 0 radical (unpaired) electrons. The lowest BCUT2D eigenvalue weighted by Gasteiger charge is -2.33. The summed E-state index contributed by atoms with van der Waals surface area (Å²) < 4.78 is 35.2. The van der Waals surface area contributed by atoms with Crippen LogP contribution >= 0.6 is 0 Å². The van der Waals surface area contributed by atoms with Crippen molar-refractivity contribution < 1.29 is 17.9 Å². The summed E-state index contributed by atoms with van der Waals surface area (Å²) in [5.41, 5.74) is 3.67. The van der Waals surface area contributed by atoms with E-state index in [0.29, 0.717) is 55.0 Å². The molecule has 0 spiro atoms. The van der Waals surface area contributed by atoms with Crippen molar-refractivity contribution in [2.24, 2.45) is 0 Å². The second-order valence-corrected chi connectivity index (χ2v) is 10.5. The van der Waals surface area contributed by atoms with Crippen LogP contribution in [0.5, 0.6) is 5.75 Å². The summed E-state index contributed by atoms with van der Waals surface area (Å²) in [7, 11) is -2.01. The Balaban J connectivity index is 1.40. The van der Waals surface area contributed by atoms with Gasteiger partial charge in [0.25, 0.3) is 0 Å². The van der Waals surface area contributed by atoms with Crippen molar-refractivity contribution in [2.45, 2.75) is 44.6 Å². The number of sulfonamides is 1. The van der Waals surface area contributed by atoms with Crippen molar-refractivity contribution in [1.29, 1.82) is 0 Å². The normalized spacial score (nSPS) is 18.3. The maximum absolute atomic E-state index is 13.1. The number of hydrogen-bond acceptors (Lipinski definition) is 5. The van der Waals surface area contributed by atoms with Gasteiger partial charge in [0.2, 0.25) is 10.0 Å². The van der Waals surface area contributed by atoms with Crippen LogP contribution in [0, 0.1) is 20.8 Å². The number of rotatable bonds is 7. The zero-order valence-corrected chi connectivity index (χ0v) is 19.5. The molecule has 1 saturated carbocycles. The largest absolute Gasteiger partial charge is 0.497 e. The van der Waals surface area contributed by atoms with Crippen LogP contribution in [0.1, 0.15) is 46.2 Å². The first-order valence-corrected chi connectivity index (χ1v) is 12.2. The monoisotopic (exact) mass is 445 g/mol. The van der Waals surface area contributed by atoms with Crippen LogP contribution in [0.3, 0.4) is 0 Å². The first-order valence-electron chi connectivity index (χ1n) is 10.8. The Kier molecular flexibility index (Phi) is 5.98. The van der Waals surface area contributed by atoms with Crippen LogP contribution in [-0.4, -0.2) is 67.8 Å². The van der Waals surface area contributed by atoms with E-state index in [1.165, 1.54) is 17.1 Å². The Bertz CT molecular complexity index is 1090. The third-order valence-corrected chi connectivity index (χ3v) is 8.45. The molecule has 0 amide bonds. The van der Waals surface area contributed by atoms with E-state index < -0.39 is 10.0 Å². The molecule has 4 rings (SSSR count). The predicted molar refractivity (Wildman–Crippen MR) is 119 cm³/mol. The van der Waals surface area contributed by atoms with Crippen LogP contribution in [0.15, 0.2) is 29.2 Å². The van der Waals surface area contributed by atoms with Gasteiger partial charge in [-0.15, -0.1) is 0 Å². The van der Waals surface area contributed by atoms with Gasteiger partial charge >= 0.3 is 0 Å². The molecule has 2 aromatic rings. The SMILES string of the molecule is COc1ccc(S(=O)(=O)N2CCN(CC(=O)c3cc(C)n(C4CC4)c3C)CC2)c(C)c1. The van der Waals surface area contributed by atoms with Crippen molar-refractivity contribution >= 4 is 15.8 Å². The number of piperazine rings is 1. The Morgan fingerprint density at radius 2 is 1.74 bits per heavy atom. The van der Waals surface area contributed by atoms with E-state index >= 15 is 0 Å². The van der Waals surface area contributed by atoms with Crippen molar-refractivity contribution in [3.05, 3.63) is 46.8 Å². The number of methoxy groups -OCH3 is 1. The van der Waals surface area contributed by atoms with E-state index in [1.807, 2.05) is 13.0 Å². The van der Waals surface area contributed by atoms with Crippen LogP contribution in [0.4, 0.5) is 0 Å². The van der Waals surface area contributed by atoms with Crippen molar-refractivity contribution in [3.8, 4) is 5.75 Å². The van der Waals surface area contributed by atoms with Gasteiger partial charge in [-0.05, 0) is 63.4 Å². The number of ketones is 1. The molecule has 168 valence electrons. The molecule has 0 unspecified atom stereocenters. The molecule has 31 heavy (non-hydrogen) atoms. The molecule has 1 aliphatic heterocycles. The highest BCUT2D eigenvalue weighted by Gasteiger charge is 2.32. The van der Waals surface area contributed by atoms with E-state index in [1.54, 1.807) is 32.2 Å². The zero-order chi connectivity index (χ0) is 22.3. The number of benzene rings is 1. The highest BCUT2D eigenvalue weighted by atomic mass is 32.2. The minimum absolute atomic E-state index is 0.113. The number of carbonyl (C=O) groups excluding carboxylic acids is 1. The number of nitrogens with zero attached hydrogens (tertiary/aromatic N) is 3. The van der Waals surface area contributed by atoms with Crippen LogP contribution < -0.4 is 4.74 Å². The third-order valence-electron chi connectivity index (χ3n) is 6.40. The minimum Gasteiger partial charge on any atom is -0.497 e. The number of aromatic nitrogens is 1. The summed E-state index contributed by atoms with van der Waals surface area (Å²) in [4.78, 5) is 15.3. The zero-order valence-electron chi connectivity index (χ0n) is 18.7. The molecule has 2 heterocycles. The van der Waals surface area contributed by atoms with E-state index in [2.05, 4.69) is 16.4 Å². The van der Waals surface area contributed by atoms with Gasteiger partial charge in [-0.3, -0.25) is 9.69 Å². The summed E-state index contributed by atoms with van der Waals surface area (Å²) in [6.07, 6.45) is 2.38. The number of carbonyl (C=O) groups is 1. The fraction of sp³-hybridized carbons (Fsp3) is 0.522. The molecular weight excluding hydrogens is 414 g/mol. The molecule has 0 N–H and O–H groups in total. The lowest BCUT2D eigenvalue weighted by molar-refractivity contribution is 0.0901. The molecule has 1 aromatic carbocycles. The summed E-state index contributed by atoms with van der Waals surface area (Å²) in [6.45, 7) is 8.04. The predicted octanol–water partition coefficient (Wildman–Crippen LogP) is 2.95. The topological polar surface area (TPSA) is 71.9 Å². The van der Waals surface area contributed by atoms with Crippen LogP contribution in [-0.2, 0) is 10.0 Å². The molecule has 0 bridgehead atoms. The second kappa shape index (κ2) is 8.41. The molecule has 0 atom stereocenters. The number of aryl methyl sites for hydroxylation is 2. The fourth-order valence-electron chi connectivity index (χ4n) is 4.55. The van der Waals surface area contributed by atoms with Gasteiger partial charge < -0.3 is 9.30 Å². The van der Waals surface area contributed by atoms with Crippen LogP contribution in [0.25, 0.3) is 0 Å². The number of Topliss-reactive ketones (excluding diaryl/α,β-unsaturated/α-hetero) is 1. The van der Waals surface area contributed by atoms with Gasteiger partial charge in [-0.25, -0.2) is 8.42 Å². The summed E-state index contributed by atoms with van der Waals surface area (Å²) in [5.74, 6) is 0.753. The molecular formula is C23H31N3O4S. The second-order valence-electron chi connectivity index (χ2n) is 8.62. The summed E-state index contributed by atoms with van der Waals surface area (Å²) in [6, 6.07) is 7.57. The van der Waals surface area contributed by atoms with Crippen molar-refractivity contribution in [1.82, 2.24) is 13.8 Å². The van der Waals surface area contributed by atoms with E-state index in [4.69, 9.17) is 4.74 Å². The molecule has 2 aliphatic rings. The van der Waals surface area contributed by atoms with E-state index in [-0.39, 0.29) is 5.78 Å². The Morgan fingerprint density at radius 1 is 1.06 bits per heavy atom. The van der Waals surface area contributed by atoms with Crippen LogP contribution in [0.2, 0.25) is 0 Å². The average Bonchev–Trinajstić information content (AvgIpc) is 3.52. The van der Waals surface area contributed by atoms with E-state index in [0.717, 1.165) is 17.0 Å². The summed E-state index contributed by atoms with van der Waals surface area (Å²) in [5, 5.41) is 0. The van der Waals surface area contributed by atoms with Gasteiger partial charge in [0.1, 0.15) is 5.75 Å². The minimum atomic E-state index is -3.57. The summed E-state index contributed by atoms with van der Waals surface area (Å²) >= 11 is 0. The third kappa shape index (κ3) is 4.29. The Morgan fingerprint density at radius 3 is 2.32 bits per heavy atom. The average molecular weight is 446 g/mol. The van der Waals surface area contributed by atoms with E-state index in [9.17, 15) is 13.2 Å². The van der Waals surface area contributed by atoms with Gasteiger partial charge in [0.05, 0.1) is 18.6 Å². The van der Waals surface area contributed by atoms with Crippen molar-refractivity contribution in [3.63, 3.8) is 0 Å². The molecule has 2 fully saturated rings. The molecule has 1 aliphatic carbocycles. The molecule has 1 saturated heterocycles. The fourth-order valence-corrected chi connectivity index (χ4v) is 6.18. The standard InChI is InChI=1S/C23H31N3O4S/c1-16-13-20(30-4)7-8-23(16)31(28,29)25-11-9-24(10-12-25)15-22(27)21-14-17(2)26(18(21)3)19-5-6-19/h7-8,13-14,19H,5-6,9-12,15H2,1-4H3. The molecule has 7 nitrogen and oxygen atoms in total. The Hall–Kier alpha value is -2.16. The maximum atomic E-state index is 13.1. The molecule has 1 aromatic heterocycles. The first-order chi connectivity index (χ1) is 14.7. The smallest absolute Gasteiger partial charge is 0.243 e. The van der Waals surface area contributed by atoms with Gasteiger partial charge in [0, 0.05) is 49.2 Å². The van der Waals surface area contributed by atoms with Gasteiger partial charge in [-0.2, -0.15) is 4.31 Å². The highest BCUT2D eigenvalue weighted by molar-refractivity contribution is 7.89. The van der Waals surface area contributed by atoms with Crippen molar-refractivity contribution in [2.75, 3.05) is 39.8 Å². The van der Waals surface area contributed by atoms with Gasteiger partial charge in [-0.1, -0.05) is 0 Å². The quantitative estimate of drug-likeness (QED) is 0.613. The lowest BCUT2D eigenvalue weighted by Crippen LogP contribution is -2.49. The van der Waals surface area contributed by atoms with Gasteiger partial charge in [0.15, 0.2) is 5.78 Å². The highest BCUT2D eigenvalue weighted by Crippen LogP contribution is 2.38. The lowest BCUT2D eigenvalue weighted by atomic mass is 10.1.